The molecule has 0 saturated heterocycles. The normalized spacial score (nSPS) is 8.45. The SMILES string of the molecule is Cc1cnc(C([NH-])=O)nc1.[Rb+]. The number of nitrogens with one attached hydrogen (secondary N) is 1. The molecular weight excluding hydrogens is 216 g/mol. The first-order valence-corrected chi connectivity index (χ1v) is 2.75. The van der Waals surface area contributed by atoms with Gasteiger partial charge in [-0.1, -0.05) is 0 Å². The predicted molar refractivity (Wildman–Crippen MR) is 35.4 cm³/mol. The van der Waals surface area contributed by atoms with Crippen LogP contribution in [0.2, 0.25) is 0 Å². The van der Waals surface area contributed by atoms with Gasteiger partial charge in [0.1, 0.15) is 5.91 Å². The first kappa shape index (κ1) is 11.4. The molecule has 5 heteroatoms. The van der Waals surface area contributed by atoms with E-state index < -0.39 is 5.91 Å². The molecule has 0 radical (unpaired) electrons. The van der Waals surface area contributed by atoms with Crippen LogP contribution >= 0.6 is 0 Å². The van der Waals surface area contributed by atoms with Gasteiger partial charge in [-0.05, 0) is 12.5 Å². The monoisotopic (exact) mass is 221 g/mol. The minimum Gasteiger partial charge on any atom is -0.661 e. The average Bonchev–Trinajstić information content (AvgIpc) is 1.88. The van der Waals surface area contributed by atoms with Crippen LogP contribution in [0.15, 0.2) is 12.4 Å². The van der Waals surface area contributed by atoms with Gasteiger partial charge in [-0.2, -0.15) is 0 Å². The molecule has 0 atom stereocenters. The zero-order chi connectivity index (χ0) is 7.56. The van der Waals surface area contributed by atoms with Crippen LogP contribution in [0.25, 0.3) is 5.73 Å². The summed E-state index contributed by atoms with van der Waals surface area (Å²) in [6.45, 7) is 1.82. The van der Waals surface area contributed by atoms with Gasteiger partial charge >= 0.3 is 58.2 Å². The predicted octanol–water partition coefficient (Wildman–Crippen LogP) is -2.02. The van der Waals surface area contributed by atoms with Crippen LogP contribution in [0.4, 0.5) is 0 Å². The van der Waals surface area contributed by atoms with Gasteiger partial charge < -0.3 is 10.5 Å². The van der Waals surface area contributed by atoms with E-state index >= 15 is 0 Å². The summed E-state index contributed by atoms with van der Waals surface area (Å²) < 4.78 is 0. The van der Waals surface area contributed by atoms with Crippen LogP contribution in [-0.2, 0) is 0 Å². The summed E-state index contributed by atoms with van der Waals surface area (Å²) in [4.78, 5) is 17.6. The van der Waals surface area contributed by atoms with E-state index in [4.69, 9.17) is 5.73 Å². The van der Waals surface area contributed by atoms with Crippen molar-refractivity contribution in [1.29, 1.82) is 0 Å². The number of aromatic nitrogens is 2. The van der Waals surface area contributed by atoms with E-state index in [0.29, 0.717) is 0 Å². The summed E-state index contributed by atoms with van der Waals surface area (Å²) in [6, 6.07) is 0. The fraction of sp³-hybridized carbons (Fsp3) is 0.167. The van der Waals surface area contributed by atoms with Crippen molar-refractivity contribution in [2.75, 3.05) is 0 Å². The standard InChI is InChI=1S/C6H7N3O.Rb/c1-4-2-8-6(5(7)10)9-3-4;/h2-3H,1H3,(H2,7,10);/q;+1/p-1. The molecule has 1 heterocycles. The van der Waals surface area contributed by atoms with E-state index in [-0.39, 0.29) is 64.0 Å². The number of hydrogen-bond acceptors (Lipinski definition) is 3. The Balaban J connectivity index is 0.000001000. The summed E-state index contributed by atoms with van der Waals surface area (Å²) in [6.07, 6.45) is 3.02. The van der Waals surface area contributed by atoms with Gasteiger partial charge in [-0.25, -0.2) is 9.97 Å². The van der Waals surface area contributed by atoms with Gasteiger partial charge in [0.25, 0.3) is 0 Å². The van der Waals surface area contributed by atoms with E-state index in [2.05, 4.69) is 9.97 Å². The third-order valence-corrected chi connectivity index (χ3v) is 0.984. The van der Waals surface area contributed by atoms with Gasteiger partial charge in [0.2, 0.25) is 0 Å². The van der Waals surface area contributed by atoms with Gasteiger partial charge in [0.05, 0.1) is 0 Å². The van der Waals surface area contributed by atoms with Crippen molar-refractivity contribution in [2.24, 2.45) is 0 Å². The van der Waals surface area contributed by atoms with E-state index in [1.54, 1.807) is 0 Å². The fourth-order valence-corrected chi connectivity index (χ4v) is 0.510. The molecule has 4 nitrogen and oxygen atoms in total. The molecule has 52 valence electrons. The van der Waals surface area contributed by atoms with Crippen molar-refractivity contribution in [3.8, 4) is 0 Å². The van der Waals surface area contributed by atoms with E-state index in [0.717, 1.165) is 5.56 Å². The quantitative estimate of drug-likeness (QED) is 0.550. The summed E-state index contributed by atoms with van der Waals surface area (Å²) in [5, 5.41) is 0. The molecule has 1 N–H and O–H groups in total. The zero-order valence-corrected chi connectivity index (χ0v) is 11.4. The number of carbonyl (C=O) groups is 1. The third-order valence-electron chi connectivity index (χ3n) is 0.984. The molecule has 0 fully saturated rings. The van der Waals surface area contributed by atoms with Crippen molar-refractivity contribution in [3.63, 3.8) is 0 Å². The largest absolute Gasteiger partial charge is 1.00 e. The molecule has 0 aliphatic rings. The maximum atomic E-state index is 10.3. The van der Waals surface area contributed by atoms with Crippen LogP contribution in [0.5, 0.6) is 0 Å². The molecule has 11 heavy (non-hydrogen) atoms. The summed E-state index contributed by atoms with van der Waals surface area (Å²) in [5.41, 5.74) is 7.50. The van der Waals surface area contributed by atoms with Gasteiger partial charge in [0, 0.05) is 12.4 Å². The Labute approximate surface area is 113 Å². The molecule has 0 unspecified atom stereocenters. The number of hydrogen-bond donors (Lipinski definition) is 0. The minimum atomic E-state index is -0.847. The molecule has 0 saturated carbocycles. The molecule has 0 bridgehead atoms. The molecule has 1 rings (SSSR count). The molecular formula is C6H6N3ORb. The Hall–Kier alpha value is 0.355. The van der Waals surface area contributed by atoms with Crippen LogP contribution in [0.3, 0.4) is 0 Å². The van der Waals surface area contributed by atoms with Crippen LogP contribution in [0, 0.1) is 6.92 Å². The van der Waals surface area contributed by atoms with Crippen molar-refractivity contribution in [3.05, 3.63) is 29.5 Å². The number of carbonyl (C=O) groups excluding carboxylic acids is 1. The summed E-state index contributed by atoms with van der Waals surface area (Å²) in [5.74, 6) is -0.898. The zero-order valence-electron chi connectivity index (χ0n) is 6.46. The maximum Gasteiger partial charge on any atom is 1.00 e. The molecule has 0 aromatic carbocycles. The molecule has 1 aromatic heterocycles. The Morgan fingerprint density at radius 2 is 1.91 bits per heavy atom. The van der Waals surface area contributed by atoms with E-state index in [1.807, 2.05) is 6.92 Å². The summed E-state index contributed by atoms with van der Waals surface area (Å²) in [7, 11) is 0. The molecule has 0 aliphatic carbocycles. The average molecular weight is 222 g/mol. The van der Waals surface area contributed by atoms with E-state index in [1.165, 1.54) is 12.4 Å². The maximum absolute atomic E-state index is 10.3. The second-order valence-electron chi connectivity index (χ2n) is 1.91. The fourth-order valence-electron chi connectivity index (χ4n) is 0.510. The first-order chi connectivity index (χ1) is 4.70. The second kappa shape index (κ2) is 5.08. The summed E-state index contributed by atoms with van der Waals surface area (Å²) >= 11 is 0. The number of nitrogens with zero attached hydrogens (tertiary/aromatic N) is 2. The Kier molecular flexibility index (Phi) is 5.25. The Bertz CT molecular complexity index is 247. The second-order valence-corrected chi connectivity index (χ2v) is 1.91. The van der Waals surface area contributed by atoms with Gasteiger partial charge in [-0.3, -0.25) is 0 Å². The van der Waals surface area contributed by atoms with Crippen molar-refractivity contribution in [2.45, 2.75) is 6.92 Å². The van der Waals surface area contributed by atoms with E-state index in [9.17, 15) is 4.79 Å². The molecule has 0 spiro atoms. The van der Waals surface area contributed by atoms with Crippen molar-refractivity contribution >= 4 is 5.91 Å². The minimum absolute atomic E-state index is 0. The molecule has 1 aromatic rings. The van der Waals surface area contributed by atoms with Crippen LogP contribution < -0.4 is 58.2 Å². The van der Waals surface area contributed by atoms with Crippen LogP contribution in [-0.4, -0.2) is 15.9 Å². The smallest absolute Gasteiger partial charge is 0.661 e. The topological polar surface area (TPSA) is 66.7 Å². The number of rotatable bonds is 1. The Morgan fingerprint density at radius 3 is 2.27 bits per heavy atom. The van der Waals surface area contributed by atoms with Crippen molar-refractivity contribution < 1.29 is 63.0 Å². The molecule has 0 aliphatic heterocycles. The number of aryl methyl sites for hydroxylation is 1. The van der Waals surface area contributed by atoms with Crippen LogP contribution in [0.1, 0.15) is 16.2 Å². The Morgan fingerprint density at radius 1 is 1.45 bits per heavy atom. The van der Waals surface area contributed by atoms with Gasteiger partial charge in [-0.15, -0.1) is 0 Å². The van der Waals surface area contributed by atoms with Crippen molar-refractivity contribution in [1.82, 2.24) is 9.97 Å². The third kappa shape index (κ3) is 3.51. The number of amides is 1. The van der Waals surface area contributed by atoms with Gasteiger partial charge in [0.15, 0.2) is 5.82 Å². The first-order valence-electron chi connectivity index (χ1n) is 2.75. The molecule has 1 amide bonds.